The summed E-state index contributed by atoms with van der Waals surface area (Å²) in [6, 6.07) is 13.1. The van der Waals surface area contributed by atoms with Crippen LogP contribution in [0.15, 0.2) is 71.7 Å². The Morgan fingerprint density at radius 1 is 0.931 bits per heavy atom. The van der Waals surface area contributed by atoms with Crippen LogP contribution in [0.1, 0.15) is 85.2 Å². The van der Waals surface area contributed by atoms with E-state index in [9.17, 15) is 14.4 Å². The first-order chi connectivity index (χ1) is 28.8. The summed E-state index contributed by atoms with van der Waals surface area (Å²) in [4.78, 5) is 51.3. The fourth-order valence-corrected chi connectivity index (χ4v) is 8.38. The molecule has 0 spiro atoms. The topological polar surface area (TPSA) is 110 Å². The monoisotopic (exact) mass is 810 g/mol. The minimum atomic E-state index is -0.252. The van der Waals surface area contributed by atoms with E-state index in [1.807, 2.05) is 53.3 Å². The van der Waals surface area contributed by atoms with Crippen molar-refractivity contribution in [2.75, 3.05) is 51.6 Å². The molecule has 2 fully saturated rings. The van der Waals surface area contributed by atoms with Crippen molar-refractivity contribution in [2.45, 2.75) is 82.9 Å². The lowest BCUT2D eigenvalue weighted by Gasteiger charge is -2.32. The predicted octanol–water partition coefficient (Wildman–Crippen LogP) is 7.88. The quantitative estimate of drug-likeness (QED) is 0.151. The molecular weight excluding hydrogens is 753 g/mol. The Kier molecular flexibility index (Phi) is 11.3. The number of nitrogens with zero attached hydrogens (tertiary/aromatic N) is 4. The number of aliphatic imine (C=N–C) groups is 1. The Labute approximate surface area is 348 Å². The van der Waals surface area contributed by atoms with Crippen molar-refractivity contribution >= 4 is 47.1 Å². The van der Waals surface area contributed by atoms with Crippen LogP contribution in [0.5, 0.6) is 17.2 Å². The highest BCUT2D eigenvalue weighted by atomic mass is 32.2. The summed E-state index contributed by atoms with van der Waals surface area (Å²) >= 11 is 1.68. The van der Waals surface area contributed by atoms with Gasteiger partial charge in [-0.3, -0.25) is 19.4 Å². The number of ether oxygens (including phenoxy) is 4. The summed E-state index contributed by atoms with van der Waals surface area (Å²) in [5.41, 5.74) is 7.55. The molecule has 0 aliphatic carbocycles. The van der Waals surface area contributed by atoms with Crippen LogP contribution in [0.2, 0.25) is 0 Å². The van der Waals surface area contributed by atoms with Crippen molar-refractivity contribution in [3.05, 3.63) is 100 Å². The van der Waals surface area contributed by atoms with Gasteiger partial charge in [0.05, 0.1) is 40.2 Å². The number of methoxy groups -OCH3 is 2. The molecule has 306 valence electrons. The Balaban J connectivity index is 1.19. The van der Waals surface area contributed by atoms with Gasteiger partial charge in [0.2, 0.25) is 5.91 Å². The lowest BCUT2D eigenvalue weighted by atomic mass is 9.98. The summed E-state index contributed by atoms with van der Waals surface area (Å²) in [6.45, 7) is 10.8. The predicted molar refractivity (Wildman–Crippen MR) is 229 cm³/mol. The maximum Gasteiger partial charge on any atom is 0.257 e. The number of amides is 3. The number of rotatable bonds is 14. The van der Waals surface area contributed by atoms with Gasteiger partial charge in [0, 0.05) is 61.1 Å². The zero-order chi connectivity index (χ0) is 42.7. The molecule has 58 heavy (non-hydrogen) atoms. The van der Waals surface area contributed by atoms with Crippen molar-refractivity contribution < 1.29 is 36.1 Å². The second kappa shape index (κ2) is 17.0. The van der Waals surface area contributed by atoms with Crippen LogP contribution in [-0.4, -0.2) is 97.3 Å². The van der Waals surface area contributed by atoms with Crippen LogP contribution in [0.4, 0.5) is 11.4 Å². The van der Waals surface area contributed by atoms with Crippen LogP contribution in [0.25, 0.3) is 0 Å². The van der Waals surface area contributed by atoms with Crippen molar-refractivity contribution in [1.82, 2.24) is 9.80 Å². The Morgan fingerprint density at radius 3 is 2.34 bits per heavy atom. The average molecular weight is 811 g/mol. The largest absolute Gasteiger partial charge is 0.493 e. The van der Waals surface area contributed by atoms with Crippen LogP contribution in [0.3, 0.4) is 0 Å². The van der Waals surface area contributed by atoms with E-state index >= 15 is 0 Å². The zero-order valence-electron chi connectivity index (χ0n) is 36.3. The number of hydrogen-bond donors (Lipinski definition) is 0. The van der Waals surface area contributed by atoms with Crippen molar-refractivity contribution in [2.24, 2.45) is 4.99 Å². The molecule has 0 aromatic heterocycles. The number of fused-ring (bicyclic) bond motifs is 4. The second-order valence-corrected chi connectivity index (χ2v) is 17.7. The van der Waals surface area contributed by atoms with Crippen LogP contribution in [0, 0.1) is 6.92 Å². The second-order valence-electron chi connectivity index (χ2n) is 16.2. The highest BCUT2D eigenvalue weighted by Crippen LogP contribution is 2.40. The van der Waals surface area contributed by atoms with E-state index in [0.717, 1.165) is 52.7 Å². The SMILES string of the molecule is [3H]C=C1C[C@H]2CCc3cc(OCc4cc(COc5cc6c(cc5OC)C(=O)N5CC(=C[3H])C[C@H]5C=N6)cc(N(CC(C)(C)SC)C(=O)CCOC)c4)c(C)cc3C(=O)N2C1. The lowest BCUT2D eigenvalue weighted by Crippen LogP contribution is -2.41. The van der Waals surface area contributed by atoms with Gasteiger partial charge in [0.15, 0.2) is 11.5 Å². The molecule has 0 radical (unpaired) electrons. The van der Waals surface area contributed by atoms with Gasteiger partial charge in [-0.25, -0.2) is 0 Å². The highest BCUT2D eigenvalue weighted by Gasteiger charge is 2.36. The summed E-state index contributed by atoms with van der Waals surface area (Å²) in [6.07, 6.45) is 6.89. The Morgan fingerprint density at radius 2 is 1.64 bits per heavy atom. The lowest BCUT2D eigenvalue weighted by molar-refractivity contribution is -0.119. The van der Waals surface area contributed by atoms with Crippen molar-refractivity contribution in [1.29, 1.82) is 0 Å². The minimum Gasteiger partial charge on any atom is -0.493 e. The van der Waals surface area contributed by atoms with Gasteiger partial charge in [0.1, 0.15) is 19.0 Å². The molecule has 0 N–H and O–H groups in total. The summed E-state index contributed by atoms with van der Waals surface area (Å²) < 4.78 is 39.2. The summed E-state index contributed by atoms with van der Waals surface area (Å²) in [5.74, 6) is 1.25. The first-order valence-electron chi connectivity index (χ1n) is 20.9. The van der Waals surface area contributed by atoms with Gasteiger partial charge in [-0.05, 0) is 111 Å². The number of benzene rings is 3. The van der Waals surface area contributed by atoms with E-state index in [4.69, 9.17) is 21.7 Å². The maximum absolute atomic E-state index is 13.9. The van der Waals surface area contributed by atoms with E-state index in [-0.39, 0.29) is 60.8 Å². The molecule has 3 aromatic carbocycles. The molecule has 2 atom stereocenters. The van der Waals surface area contributed by atoms with Crippen molar-refractivity contribution in [3.8, 4) is 17.2 Å². The third-order valence-corrected chi connectivity index (χ3v) is 12.6. The molecule has 4 aliphatic heterocycles. The Bertz CT molecular complexity index is 2260. The first kappa shape index (κ1) is 38.4. The van der Waals surface area contributed by atoms with E-state index in [1.165, 1.54) is 20.2 Å². The number of hydrogen-bond acceptors (Lipinski definition) is 9. The normalized spacial score (nSPS) is 20.5. The number of aryl methyl sites for hydroxylation is 2. The van der Waals surface area contributed by atoms with Crippen LogP contribution >= 0.6 is 11.8 Å². The third-order valence-electron chi connectivity index (χ3n) is 11.4. The molecule has 7 rings (SSSR count). The molecule has 11 nitrogen and oxygen atoms in total. The molecule has 0 saturated carbocycles. The van der Waals surface area contributed by atoms with Crippen molar-refractivity contribution in [3.63, 3.8) is 0 Å². The molecule has 2 saturated heterocycles. The molecular formula is C46H54N4O7S. The number of carbonyl (C=O) groups excluding carboxylic acids is 3. The first-order valence-corrected chi connectivity index (χ1v) is 20.9. The standard InChI is InChI=1S/C46H54N4O7S/c1-28-13-34-10-9-33-19-40(30(3)15-37(33)44(52)48(34)23-28)56-25-31-16-32(18-35(17-31)50(27-46(4,5)58-8)43(51)11-12-54-6)26-57-42-21-39-38(20-41(42)55-7)45(53)49-24-29(2)14-36(49)22-47-39/h15-22,34,36H,1-2,9-14,23-27H2,3-8H3/t34-,36+/m1/s1/i1T,2T. The number of anilines is 1. The summed E-state index contributed by atoms with van der Waals surface area (Å²) in [5, 5.41) is 0. The van der Waals surface area contributed by atoms with Crippen LogP contribution in [-0.2, 0) is 29.2 Å². The fraction of sp³-hybridized carbons (Fsp3) is 0.435. The fourth-order valence-electron chi connectivity index (χ4n) is 8.13. The molecule has 3 amide bonds. The molecule has 0 bridgehead atoms. The van der Waals surface area contributed by atoms with Gasteiger partial charge in [-0.2, -0.15) is 11.8 Å². The zero-order valence-corrected chi connectivity index (χ0v) is 35.1. The maximum atomic E-state index is 13.9. The molecule has 3 aromatic rings. The average Bonchev–Trinajstić information content (AvgIpc) is 3.82. The summed E-state index contributed by atoms with van der Waals surface area (Å²) in [7, 11) is 3.11. The third kappa shape index (κ3) is 8.68. The van der Waals surface area contributed by atoms with Gasteiger partial charge >= 0.3 is 0 Å². The van der Waals surface area contributed by atoms with Crippen LogP contribution < -0.4 is 19.1 Å². The molecule has 4 aliphatic rings. The van der Waals surface area contributed by atoms with Gasteiger partial charge in [-0.1, -0.05) is 24.3 Å². The van der Waals surface area contributed by atoms with E-state index in [1.54, 1.807) is 42.1 Å². The number of thioether (sulfide) groups is 1. The number of carbonyl (C=O) groups is 3. The van der Waals surface area contributed by atoms with E-state index < -0.39 is 0 Å². The smallest absolute Gasteiger partial charge is 0.257 e. The van der Waals surface area contributed by atoms with Gasteiger partial charge in [-0.15, -0.1) is 0 Å². The highest BCUT2D eigenvalue weighted by molar-refractivity contribution is 7.99. The molecule has 4 heterocycles. The van der Waals surface area contributed by atoms with Gasteiger partial charge < -0.3 is 33.6 Å². The van der Waals surface area contributed by atoms with E-state index in [2.05, 4.69) is 18.8 Å². The Hall–Kier alpha value is -5.07. The van der Waals surface area contributed by atoms with E-state index in [0.29, 0.717) is 65.8 Å². The minimum absolute atomic E-state index is 0.00360. The molecule has 12 heteroatoms. The van der Waals surface area contributed by atoms with Gasteiger partial charge in [0.25, 0.3) is 11.8 Å². The molecule has 0 unspecified atom stereocenters.